The number of hydrogen-bond donors (Lipinski definition) is 2. The van der Waals surface area contributed by atoms with Gasteiger partial charge in [0, 0.05) is 39.0 Å². The first-order valence-electron chi connectivity index (χ1n) is 9.77. The zero-order valence-corrected chi connectivity index (χ0v) is 21.3. The lowest BCUT2D eigenvalue weighted by atomic mass is 10.1. The Kier molecular flexibility index (Phi) is 11.4. The van der Waals surface area contributed by atoms with Crippen molar-refractivity contribution in [3.05, 3.63) is 65.7 Å². The lowest BCUT2D eigenvalue weighted by Crippen LogP contribution is -2.39. The highest BCUT2D eigenvalue weighted by Gasteiger charge is 2.10. The number of aliphatic imine (C=N–C) groups is 1. The van der Waals surface area contributed by atoms with E-state index in [0.717, 1.165) is 31.0 Å². The van der Waals surface area contributed by atoms with Crippen LogP contribution in [0.15, 0.2) is 64.5 Å². The number of sulfone groups is 1. The molecule has 0 radical (unpaired) electrons. The smallest absolute Gasteiger partial charge is 0.191 e. The first-order chi connectivity index (χ1) is 13.8. The third-order valence-electron chi connectivity index (χ3n) is 4.92. The number of benzene rings is 2. The highest BCUT2D eigenvalue weighted by molar-refractivity contribution is 14.0. The Morgan fingerprint density at radius 2 is 1.67 bits per heavy atom. The van der Waals surface area contributed by atoms with Crippen LogP contribution in [0.2, 0.25) is 0 Å². The van der Waals surface area contributed by atoms with Crippen molar-refractivity contribution >= 4 is 39.8 Å². The maximum absolute atomic E-state index is 11.5. The number of nitrogens with zero attached hydrogens (tertiary/aromatic N) is 2. The largest absolute Gasteiger partial charge is 0.356 e. The molecule has 0 fully saturated rings. The van der Waals surface area contributed by atoms with Crippen LogP contribution in [0.5, 0.6) is 0 Å². The number of nitrogens with one attached hydrogen (secondary N) is 2. The Labute approximate surface area is 198 Å². The van der Waals surface area contributed by atoms with E-state index >= 15 is 0 Å². The Bertz CT molecular complexity index is 887. The van der Waals surface area contributed by atoms with Crippen molar-refractivity contribution in [3.63, 3.8) is 0 Å². The standard InChI is InChI=1S/C22H32N4O2S.HI/c1-18(26(3)17-20-8-6-5-7-9-20)14-15-24-22(23-2)25-16-19-10-12-21(13-11-19)29(4,27)28;/h5-13,18H,14-17H2,1-4H3,(H2,23,24,25);1H. The van der Waals surface area contributed by atoms with Gasteiger partial charge >= 0.3 is 0 Å². The van der Waals surface area contributed by atoms with Crippen molar-refractivity contribution < 1.29 is 8.42 Å². The average Bonchev–Trinajstić information content (AvgIpc) is 2.70. The quantitative estimate of drug-likeness (QED) is 0.288. The van der Waals surface area contributed by atoms with Gasteiger partial charge in [0.1, 0.15) is 0 Å². The van der Waals surface area contributed by atoms with Crippen molar-refractivity contribution in [2.75, 3.05) is 26.9 Å². The van der Waals surface area contributed by atoms with Crippen molar-refractivity contribution in [3.8, 4) is 0 Å². The van der Waals surface area contributed by atoms with E-state index in [-0.39, 0.29) is 24.0 Å². The van der Waals surface area contributed by atoms with Crippen LogP contribution in [0.1, 0.15) is 24.5 Å². The zero-order valence-electron chi connectivity index (χ0n) is 18.1. The van der Waals surface area contributed by atoms with Gasteiger partial charge in [-0.05, 0) is 43.7 Å². The molecule has 2 aromatic carbocycles. The van der Waals surface area contributed by atoms with Gasteiger partial charge in [-0.15, -0.1) is 24.0 Å². The second-order valence-corrected chi connectivity index (χ2v) is 9.32. The van der Waals surface area contributed by atoms with Gasteiger partial charge in [-0.2, -0.15) is 0 Å². The second kappa shape index (κ2) is 12.9. The minimum absolute atomic E-state index is 0. The summed E-state index contributed by atoms with van der Waals surface area (Å²) in [5.41, 5.74) is 2.31. The van der Waals surface area contributed by atoms with Crippen molar-refractivity contribution in [2.45, 2.75) is 37.4 Å². The van der Waals surface area contributed by atoms with Crippen LogP contribution in [0, 0.1) is 0 Å². The Hall–Kier alpha value is -1.65. The fourth-order valence-corrected chi connectivity index (χ4v) is 3.54. The molecular weight excluding hydrogens is 511 g/mol. The molecule has 6 nitrogen and oxygen atoms in total. The fourth-order valence-electron chi connectivity index (χ4n) is 2.91. The van der Waals surface area contributed by atoms with Gasteiger partial charge in [0.2, 0.25) is 0 Å². The molecule has 0 aromatic heterocycles. The number of hydrogen-bond acceptors (Lipinski definition) is 4. The van der Waals surface area contributed by atoms with E-state index in [1.165, 1.54) is 11.8 Å². The molecule has 0 bridgehead atoms. The summed E-state index contributed by atoms with van der Waals surface area (Å²) < 4.78 is 23.1. The molecule has 2 N–H and O–H groups in total. The summed E-state index contributed by atoms with van der Waals surface area (Å²) in [6.07, 6.45) is 2.21. The molecule has 0 aliphatic heterocycles. The van der Waals surface area contributed by atoms with Crippen LogP contribution in [-0.2, 0) is 22.9 Å². The van der Waals surface area contributed by atoms with Crippen LogP contribution in [0.3, 0.4) is 0 Å². The van der Waals surface area contributed by atoms with Crippen LogP contribution in [0.4, 0.5) is 0 Å². The van der Waals surface area contributed by atoms with Crippen molar-refractivity contribution in [1.82, 2.24) is 15.5 Å². The first-order valence-corrected chi connectivity index (χ1v) is 11.7. The van der Waals surface area contributed by atoms with Crippen LogP contribution in [-0.4, -0.2) is 52.2 Å². The topological polar surface area (TPSA) is 73.8 Å². The van der Waals surface area contributed by atoms with E-state index in [1.54, 1.807) is 19.2 Å². The van der Waals surface area contributed by atoms with Gasteiger partial charge in [0.05, 0.1) is 4.90 Å². The third kappa shape index (κ3) is 9.01. The second-order valence-electron chi connectivity index (χ2n) is 7.31. The summed E-state index contributed by atoms with van der Waals surface area (Å²) in [6.45, 7) is 4.54. The molecule has 2 aromatic rings. The molecule has 0 amide bonds. The van der Waals surface area contributed by atoms with E-state index in [4.69, 9.17) is 0 Å². The van der Waals surface area contributed by atoms with Gasteiger partial charge in [-0.1, -0.05) is 42.5 Å². The summed E-state index contributed by atoms with van der Waals surface area (Å²) in [6, 6.07) is 17.8. The Morgan fingerprint density at radius 3 is 2.23 bits per heavy atom. The molecule has 0 saturated carbocycles. The van der Waals surface area contributed by atoms with E-state index in [2.05, 4.69) is 58.8 Å². The van der Waals surface area contributed by atoms with E-state index in [1.807, 2.05) is 18.2 Å². The molecule has 1 atom stereocenters. The predicted octanol–water partition coefficient (Wildman–Crippen LogP) is 3.28. The molecule has 0 saturated heterocycles. The van der Waals surface area contributed by atoms with E-state index in [9.17, 15) is 8.42 Å². The molecule has 0 heterocycles. The molecule has 0 spiro atoms. The van der Waals surface area contributed by atoms with Gasteiger partial charge < -0.3 is 10.6 Å². The number of guanidine groups is 1. The maximum Gasteiger partial charge on any atom is 0.191 e. The van der Waals surface area contributed by atoms with E-state index < -0.39 is 9.84 Å². The molecule has 30 heavy (non-hydrogen) atoms. The van der Waals surface area contributed by atoms with Gasteiger partial charge in [-0.25, -0.2) is 8.42 Å². The minimum atomic E-state index is -3.16. The van der Waals surface area contributed by atoms with Crippen molar-refractivity contribution in [1.29, 1.82) is 0 Å². The zero-order chi connectivity index (χ0) is 21.3. The number of halogens is 1. The van der Waals surface area contributed by atoms with Gasteiger partial charge in [0.25, 0.3) is 0 Å². The third-order valence-corrected chi connectivity index (χ3v) is 6.05. The lowest BCUT2D eigenvalue weighted by Gasteiger charge is -2.25. The molecule has 0 aliphatic carbocycles. The van der Waals surface area contributed by atoms with Crippen LogP contribution in [0.25, 0.3) is 0 Å². The maximum atomic E-state index is 11.5. The lowest BCUT2D eigenvalue weighted by molar-refractivity contribution is 0.238. The minimum Gasteiger partial charge on any atom is -0.356 e. The van der Waals surface area contributed by atoms with Gasteiger partial charge in [0.15, 0.2) is 15.8 Å². The summed E-state index contributed by atoms with van der Waals surface area (Å²) in [7, 11) is 0.724. The summed E-state index contributed by atoms with van der Waals surface area (Å²) in [4.78, 5) is 6.93. The number of rotatable bonds is 9. The molecule has 8 heteroatoms. The monoisotopic (exact) mass is 544 g/mol. The van der Waals surface area contributed by atoms with Crippen LogP contribution >= 0.6 is 24.0 Å². The average molecular weight is 545 g/mol. The van der Waals surface area contributed by atoms with Crippen LogP contribution < -0.4 is 10.6 Å². The Balaban J connectivity index is 0.00000450. The molecule has 2 rings (SSSR count). The summed E-state index contributed by atoms with van der Waals surface area (Å²) in [5, 5.41) is 6.60. The van der Waals surface area contributed by atoms with E-state index in [0.29, 0.717) is 17.5 Å². The molecular formula is C22H33IN4O2S. The highest BCUT2D eigenvalue weighted by Crippen LogP contribution is 2.10. The van der Waals surface area contributed by atoms with Gasteiger partial charge in [-0.3, -0.25) is 9.89 Å². The predicted molar refractivity (Wildman–Crippen MR) is 135 cm³/mol. The summed E-state index contributed by atoms with van der Waals surface area (Å²) in [5.74, 6) is 0.732. The normalized spacial score (nSPS) is 12.9. The SMILES string of the molecule is CN=C(NCCC(C)N(C)Cc1ccccc1)NCc1ccc(S(C)(=O)=O)cc1.I. The fraction of sp³-hybridized carbons (Fsp3) is 0.409. The van der Waals surface area contributed by atoms with Crippen molar-refractivity contribution in [2.24, 2.45) is 4.99 Å². The first kappa shape index (κ1) is 26.4. The summed E-state index contributed by atoms with van der Waals surface area (Å²) >= 11 is 0. The Morgan fingerprint density at radius 1 is 1.03 bits per heavy atom. The molecule has 0 aliphatic rings. The highest BCUT2D eigenvalue weighted by atomic mass is 127. The molecule has 166 valence electrons. The molecule has 1 unspecified atom stereocenters.